The van der Waals surface area contributed by atoms with Crippen molar-refractivity contribution in [2.45, 2.75) is 6.92 Å². The van der Waals surface area contributed by atoms with Crippen LogP contribution in [0.25, 0.3) is 0 Å². The van der Waals surface area contributed by atoms with Crippen LogP contribution in [0.15, 0.2) is 53.6 Å². The van der Waals surface area contributed by atoms with Gasteiger partial charge in [-0.25, -0.2) is 4.79 Å². The van der Waals surface area contributed by atoms with E-state index >= 15 is 0 Å². The first kappa shape index (κ1) is 17.9. The molecular formula is C17H16ClN3O2S. The van der Waals surface area contributed by atoms with E-state index in [1.807, 2.05) is 13.0 Å². The van der Waals surface area contributed by atoms with Crippen molar-refractivity contribution in [3.05, 3.63) is 64.7 Å². The van der Waals surface area contributed by atoms with E-state index < -0.39 is 5.97 Å². The molecule has 0 spiro atoms. The monoisotopic (exact) mass is 361 g/mol. The van der Waals surface area contributed by atoms with Crippen molar-refractivity contribution >= 4 is 41.1 Å². The van der Waals surface area contributed by atoms with Gasteiger partial charge in [-0.05, 0) is 55.5 Å². The molecule has 0 saturated carbocycles. The number of carbonyl (C=O) groups excluding carboxylic acids is 1. The molecule has 2 aromatic rings. The van der Waals surface area contributed by atoms with Gasteiger partial charge in [0.1, 0.15) is 5.75 Å². The lowest BCUT2D eigenvalue weighted by Gasteiger charge is -2.07. The highest BCUT2D eigenvalue weighted by molar-refractivity contribution is 7.80. The van der Waals surface area contributed by atoms with Crippen molar-refractivity contribution in [1.82, 2.24) is 10.7 Å². The minimum Gasteiger partial charge on any atom is -0.422 e. The summed E-state index contributed by atoms with van der Waals surface area (Å²) in [6.07, 6.45) is 1.54. The number of hydrogen-bond acceptors (Lipinski definition) is 4. The summed E-state index contributed by atoms with van der Waals surface area (Å²) in [7, 11) is 0. The maximum absolute atomic E-state index is 12.2. The number of carbonyl (C=O) groups is 1. The molecule has 0 fully saturated rings. The number of ether oxygens (including phenoxy) is 1. The Morgan fingerprint density at radius 1 is 1.25 bits per heavy atom. The molecule has 2 N–H and O–H groups in total. The predicted octanol–water partition coefficient (Wildman–Crippen LogP) is 3.38. The Hall–Kier alpha value is -2.44. The molecule has 7 heteroatoms. The van der Waals surface area contributed by atoms with Crippen LogP contribution in [0.1, 0.15) is 22.8 Å². The number of nitrogens with zero attached hydrogens (tertiary/aromatic N) is 1. The quantitative estimate of drug-likeness (QED) is 0.281. The van der Waals surface area contributed by atoms with E-state index in [-0.39, 0.29) is 0 Å². The van der Waals surface area contributed by atoms with Crippen molar-refractivity contribution in [3.63, 3.8) is 0 Å². The smallest absolute Gasteiger partial charge is 0.343 e. The molecule has 0 amide bonds. The van der Waals surface area contributed by atoms with Gasteiger partial charge >= 0.3 is 5.97 Å². The number of rotatable bonds is 5. The highest BCUT2D eigenvalue weighted by atomic mass is 35.5. The number of esters is 1. The van der Waals surface area contributed by atoms with Gasteiger partial charge in [0.15, 0.2) is 5.11 Å². The van der Waals surface area contributed by atoms with Gasteiger partial charge in [-0.2, -0.15) is 5.10 Å². The number of benzene rings is 2. The number of nitrogens with one attached hydrogen (secondary N) is 2. The second-order valence-corrected chi connectivity index (χ2v) is 5.51. The molecule has 124 valence electrons. The lowest BCUT2D eigenvalue weighted by atomic mass is 10.2. The van der Waals surface area contributed by atoms with Crippen LogP contribution in [0.3, 0.4) is 0 Å². The Bertz CT molecular complexity index is 748. The Morgan fingerprint density at radius 3 is 2.67 bits per heavy atom. The van der Waals surface area contributed by atoms with Gasteiger partial charge in [-0.15, -0.1) is 0 Å². The van der Waals surface area contributed by atoms with E-state index in [4.69, 9.17) is 28.6 Å². The summed E-state index contributed by atoms with van der Waals surface area (Å²) in [4.78, 5) is 12.2. The van der Waals surface area contributed by atoms with E-state index in [1.54, 1.807) is 42.5 Å². The lowest BCUT2D eigenvalue weighted by molar-refractivity contribution is 0.0734. The third-order valence-corrected chi connectivity index (χ3v) is 3.40. The van der Waals surface area contributed by atoms with Crippen molar-refractivity contribution in [2.24, 2.45) is 5.10 Å². The Morgan fingerprint density at radius 2 is 1.96 bits per heavy atom. The van der Waals surface area contributed by atoms with Crippen LogP contribution < -0.4 is 15.5 Å². The van der Waals surface area contributed by atoms with Crippen molar-refractivity contribution in [2.75, 3.05) is 6.54 Å². The van der Waals surface area contributed by atoms with Gasteiger partial charge in [0.2, 0.25) is 0 Å². The van der Waals surface area contributed by atoms with Crippen molar-refractivity contribution < 1.29 is 9.53 Å². The predicted molar refractivity (Wildman–Crippen MR) is 99.9 cm³/mol. The molecule has 5 nitrogen and oxygen atoms in total. The normalized spacial score (nSPS) is 10.4. The molecule has 0 bridgehead atoms. The summed E-state index contributed by atoms with van der Waals surface area (Å²) in [6.45, 7) is 2.64. The number of thiocarbonyl (C=S) groups is 1. The Balaban J connectivity index is 2.08. The summed E-state index contributed by atoms with van der Waals surface area (Å²) >= 11 is 10.8. The van der Waals surface area contributed by atoms with E-state index in [1.165, 1.54) is 6.21 Å². The van der Waals surface area contributed by atoms with Crippen molar-refractivity contribution in [1.29, 1.82) is 0 Å². The fraction of sp³-hybridized carbons (Fsp3) is 0.118. The maximum Gasteiger partial charge on any atom is 0.343 e. The summed E-state index contributed by atoms with van der Waals surface area (Å²) in [5.41, 5.74) is 3.74. The van der Waals surface area contributed by atoms with Crippen molar-refractivity contribution in [3.8, 4) is 5.75 Å². The maximum atomic E-state index is 12.2. The van der Waals surface area contributed by atoms with Crippen LogP contribution in [0.5, 0.6) is 5.75 Å². The topological polar surface area (TPSA) is 62.7 Å². The van der Waals surface area contributed by atoms with Crippen LogP contribution in [-0.4, -0.2) is 23.8 Å². The molecule has 24 heavy (non-hydrogen) atoms. The lowest BCUT2D eigenvalue weighted by Crippen LogP contribution is -2.31. The van der Waals surface area contributed by atoms with Crippen LogP contribution in [0, 0.1) is 0 Å². The first-order chi connectivity index (χ1) is 11.6. The van der Waals surface area contributed by atoms with Gasteiger partial charge < -0.3 is 10.1 Å². The van der Waals surface area contributed by atoms with Crippen LogP contribution in [0.2, 0.25) is 5.02 Å². The molecule has 2 rings (SSSR count). The molecule has 2 aromatic carbocycles. The molecule has 0 aliphatic carbocycles. The Labute approximate surface area is 150 Å². The second-order valence-electron chi connectivity index (χ2n) is 4.66. The Kier molecular flexibility index (Phi) is 6.72. The molecule has 0 heterocycles. The fourth-order valence-electron chi connectivity index (χ4n) is 1.79. The third kappa shape index (κ3) is 5.33. The SMILES string of the molecule is CCNC(=S)N/N=C\c1ccccc1OC(=O)c1ccc(Cl)cc1. The highest BCUT2D eigenvalue weighted by Crippen LogP contribution is 2.18. The van der Waals surface area contributed by atoms with Gasteiger partial charge in [0, 0.05) is 17.1 Å². The van der Waals surface area contributed by atoms with E-state index in [9.17, 15) is 4.79 Å². The number of hydrazone groups is 1. The van der Waals surface area contributed by atoms with Crippen LogP contribution >= 0.6 is 23.8 Å². The zero-order valence-electron chi connectivity index (χ0n) is 13.0. The van der Waals surface area contributed by atoms with Crippen LogP contribution in [-0.2, 0) is 0 Å². The average molecular weight is 362 g/mol. The second kappa shape index (κ2) is 9.00. The van der Waals surface area contributed by atoms with Crippen LogP contribution in [0.4, 0.5) is 0 Å². The summed E-state index contributed by atoms with van der Waals surface area (Å²) < 4.78 is 5.43. The molecule has 0 aliphatic heterocycles. The van der Waals surface area contributed by atoms with Gasteiger partial charge in [-0.3, -0.25) is 5.43 Å². The highest BCUT2D eigenvalue weighted by Gasteiger charge is 2.10. The zero-order valence-corrected chi connectivity index (χ0v) is 14.5. The van der Waals surface area contributed by atoms with E-state index in [2.05, 4.69) is 15.8 Å². The zero-order chi connectivity index (χ0) is 17.4. The third-order valence-electron chi connectivity index (χ3n) is 2.91. The van der Waals surface area contributed by atoms with Gasteiger partial charge in [0.05, 0.1) is 11.8 Å². The largest absolute Gasteiger partial charge is 0.422 e. The number of halogens is 1. The van der Waals surface area contributed by atoms with E-state index in [0.29, 0.717) is 33.6 Å². The molecule has 0 radical (unpaired) electrons. The average Bonchev–Trinajstić information content (AvgIpc) is 2.57. The first-order valence-electron chi connectivity index (χ1n) is 7.24. The summed E-state index contributed by atoms with van der Waals surface area (Å²) in [5.74, 6) is -0.0685. The first-order valence-corrected chi connectivity index (χ1v) is 8.02. The molecule has 0 aliphatic rings. The number of hydrogen-bond donors (Lipinski definition) is 2. The van der Waals surface area contributed by atoms with Gasteiger partial charge in [0.25, 0.3) is 0 Å². The minimum atomic E-state index is -0.469. The van der Waals surface area contributed by atoms with E-state index in [0.717, 1.165) is 0 Å². The number of para-hydroxylation sites is 1. The standard InChI is InChI=1S/C17H16ClN3O2S/c1-2-19-17(24)21-20-11-13-5-3-4-6-15(13)23-16(22)12-7-9-14(18)10-8-12/h3-11H,2H2,1H3,(H2,19,21,24)/b20-11-. The fourth-order valence-corrected chi connectivity index (χ4v) is 2.11. The summed E-state index contributed by atoms with van der Waals surface area (Å²) in [6, 6.07) is 13.6. The summed E-state index contributed by atoms with van der Waals surface area (Å²) in [5, 5.41) is 7.92. The minimum absolute atomic E-state index is 0.400. The molecular weight excluding hydrogens is 346 g/mol. The molecule has 0 saturated heterocycles. The van der Waals surface area contributed by atoms with Gasteiger partial charge in [-0.1, -0.05) is 23.7 Å². The molecule has 0 unspecified atom stereocenters. The molecule has 0 atom stereocenters. The molecule has 0 aromatic heterocycles.